The number of rotatable bonds is 5. The van der Waals surface area contributed by atoms with E-state index < -0.39 is 11.6 Å². The van der Waals surface area contributed by atoms with Crippen LogP contribution in [0.25, 0.3) is 0 Å². The van der Waals surface area contributed by atoms with Gasteiger partial charge in [0, 0.05) is 32.4 Å². The average Bonchev–Trinajstić information content (AvgIpc) is 2.48. The van der Waals surface area contributed by atoms with E-state index in [1.54, 1.807) is 6.07 Å². The Hall–Kier alpha value is -1.94. The number of halogens is 2. The van der Waals surface area contributed by atoms with Gasteiger partial charge < -0.3 is 10.2 Å². The SMILES string of the molecule is CC(NCc1ccc(F)c(F)c1)c1ccc(N(C)C)cc1. The molecule has 0 amide bonds. The molecule has 1 N–H and O–H groups in total. The summed E-state index contributed by atoms with van der Waals surface area (Å²) < 4.78 is 26.0. The fourth-order valence-corrected chi connectivity index (χ4v) is 2.10. The number of nitrogens with zero attached hydrogens (tertiary/aromatic N) is 1. The molecule has 112 valence electrons. The van der Waals surface area contributed by atoms with Crippen LogP contribution < -0.4 is 10.2 Å². The van der Waals surface area contributed by atoms with Crippen LogP contribution in [0.3, 0.4) is 0 Å². The zero-order valence-corrected chi connectivity index (χ0v) is 12.5. The summed E-state index contributed by atoms with van der Waals surface area (Å²) in [6.07, 6.45) is 0. The highest BCUT2D eigenvalue weighted by Gasteiger charge is 2.07. The first kappa shape index (κ1) is 15.4. The molecule has 2 aromatic rings. The molecule has 0 spiro atoms. The molecular weight excluding hydrogens is 270 g/mol. The van der Waals surface area contributed by atoms with Crippen LogP contribution >= 0.6 is 0 Å². The van der Waals surface area contributed by atoms with E-state index in [0.717, 1.165) is 22.9 Å². The van der Waals surface area contributed by atoms with E-state index in [1.165, 1.54) is 6.07 Å². The van der Waals surface area contributed by atoms with Crippen molar-refractivity contribution in [2.75, 3.05) is 19.0 Å². The molecule has 0 heterocycles. The van der Waals surface area contributed by atoms with Gasteiger partial charge >= 0.3 is 0 Å². The van der Waals surface area contributed by atoms with Crippen molar-refractivity contribution in [1.82, 2.24) is 5.32 Å². The highest BCUT2D eigenvalue weighted by molar-refractivity contribution is 5.46. The van der Waals surface area contributed by atoms with Crippen molar-refractivity contribution in [2.45, 2.75) is 19.5 Å². The molecule has 0 fully saturated rings. The lowest BCUT2D eigenvalue weighted by atomic mass is 10.1. The minimum atomic E-state index is -0.814. The van der Waals surface area contributed by atoms with Gasteiger partial charge in [0.25, 0.3) is 0 Å². The summed E-state index contributed by atoms with van der Waals surface area (Å²) >= 11 is 0. The summed E-state index contributed by atoms with van der Waals surface area (Å²) in [6, 6.07) is 12.4. The molecule has 2 aromatic carbocycles. The van der Waals surface area contributed by atoms with Gasteiger partial charge in [-0.2, -0.15) is 0 Å². The molecule has 0 aliphatic heterocycles. The second-order valence-corrected chi connectivity index (χ2v) is 5.34. The van der Waals surface area contributed by atoms with Crippen LogP contribution in [0.4, 0.5) is 14.5 Å². The first-order valence-corrected chi connectivity index (χ1v) is 6.92. The van der Waals surface area contributed by atoms with E-state index in [-0.39, 0.29) is 6.04 Å². The molecule has 2 rings (SSSR count). The fraction of sp³-hybridized carbons (Fsp3) is 0.294. The Bertz CT molecular complexity index is 594. The van der Waals surface area contributed by atoms with Crippen LogP contribution in [-0.2, 0) is 6.54 Å². The lowest BCUT2D eigenvalue weighted by molar-refractivity contribution is 0.504. The predicted octanol–water partition coefficient (Wildman–Crippen LogP) is 3.88. The molecule has 21 heavy (non-hydrogen) atoms. The Morgan fingerprint density at radius 3 is 2.24 bits per heavy atom. The standard InChI is InChI=1S/C17H20F2N2/c1-12(14-5-7-15(8-6-14)21(2)3)20-11-13-4-9-16(18)17(19)10-13/h4-10,12,20H,11H2,1-3H3. The van der Waals surface area contributed by atoms with Crippen molar-refractivity contribution in [2.24, 2.45) is 0 Å². The molecule has 2 nitrogen and oxygen atoms in total. The smallest absolute Gasteiger partial charge is 0.159 e. The molecule has 0 aromatic heterocycles. The van der Waals surface area contributed by atoms with Crippen molar-refractivity contribution >= 4 is 5.69 Å². The van der Waals surface area contributed by atoms with Gasteiger partial charge in [-0.3, -0.25) is 0 Å². The lowest BCUT2D eigenvalue weighted by Gasteiger charge is -2.17. The molecule has 0 bridgehead atoms. The van der Waals surface area contributed by atoms with Gasteiger partial charge in [0.05, 0.1) is 0 Å². The fourth-order valence-electron chi connectivity index (χ4n) is 2.10. The molecule has 1 atom stereocenters. The third-order valence-corrected chi connectivity index (χ3v) is 3.51. The average molecular weight is 290 g/mol. The van der Waals surface area contributed by atoms with E-state index >= 15 is 0 Å². The summed E-state index contributed by atoms with van der Waals surface area (Å²) in [6.45, 7) is 2.54. The highest BCUT2D eigenvalue weighted by Crippen LogP contribution is 2.18. The van der Waals surface area contributed by atoms with Crippen LogP contribution in [0.2, 0.25) is 0 Å². The number of nitrogens with one attached hydrogen (secondary N) is 1. The van der Waals surface area contributed by atoms with Crippen molar-refractivity contribution in [1.29, 1.82) is 0 Å². The van der Waals surface area contributed by atoms with Gasteiger partial charge in [-0.25, -0.2) is 8.78 Å². The van der Waals surface area contributed by atoms with Crippen molar-refractivity contribution in [3.05, 3.63) is 65.2 Å². The Kier molecular flexibility index (Phi) is 4.91. The Morgan fingerprint density at radius 1 is 1.00 bits per heavy atom. The van der Waals surface area contributed by atoms with E-state index in [2.05, 4.69) is 29.6 Å². The number of benzene rings is 2. The maximum Gasteiger partial charge on any atom is 0.159 e. The number of hydrogen-bond donors (Lipinski definition) is 1. The summed E-state index contributed by atoms with van der Waals surface area (Å²) in [4.78, 5) is 2.04. The minimum Gasteiger partial charge on any atom is -0.378 e. The first-order valence-electron chi connectivity index (χ1n) is 6.92. The van der Waals surface area contributed by atoms with Crippen LogP contribution in [0.15, 0.2) is 42.5 Å². The highest BCUT2D eigenvalue weighted by atomic mass is 19.2. The van der Waals surface area contributed by atoms with Crippen LogP contribution in [0.1, 0.15) is 24.1 Å². The summed E-state index contributed by atoms with van der Waals surface area (Å²) in [7, 11) is 4.00. The second kappa shape index (κ2) is 6.68. The molecule has 0 saturated heterocycles. The maximum atomic E-state index is 13.1. The third kappa shape index (κ3) is 4.02. The quantitative estimate of drug-likeness (QED) is 0.899. The number of hydrogen-bond acceptors (Lipinski definition) is 2. The molecule has 0 aliphatic carbocycles. The predicted molar refractivity (Wildman–Crippen MR) is 82.4 cm³/mol. The zero-order valence-electron chi connectivity index (χ0n) is 12.5. The van der Waals surface area contributed by atoms with Gasteiger partial charge in [0.1, 0.15) is 0 Å². The van der Waals surface area contributed by atoms with Gasteiger partial charge in [0.15, 0.2) is 11.6 Å². The third-order valence-electron chi connectivity index (χ3n) is 3.51. The molecule has 0 saturated carbocycles. The van der Waals surface area contributed by atoms with Gasteiger partial charge in [-0.1, -0.05) is 18.2 Å². The second-order valence-electron chi connectivity index (χ2n) is 5.34. The minimum absolute atomic E-state index is 0.134. The summed E-state index contributed by atoms with van der Waals surface area (Å²) in [5.41, 5.74) is 3.03. The monoisotopic (exact) mass is 290 g/mol. The largest absolute Gasteiger partial charge is 0.378 e. The molecule has 0 aliphatic rings. The van der Waals surface area contributed by atoms with Crippen molar-refractivity contribution < 1.29 is 8.78 Å². The van der Waals surface area contributed by atoms with Gasteiger partial charge in [0.2, 0.25) is 0 Å². The van der Waals surface area contributed by atoms with Crippen LogP contribution in [0, 0.1) is 11.6 Å². The normalized spacial score (nSPS) is 12.2. The Balaban J connectivity index is 1.97. The van der Waals surface area contributed by atoms with Gasteiger partial charge in [-0.15, -0.1) is 0 Å². The Labute approximate surface area is 124 Å². The maximum absolute atomic E-state index is 13.1. The molecule has 1 unspecified atom stereocenters. The molecule has 0 radical (unpaired) electrons. The van der Waals surface area contributed by atoms with E-state index in [9.17, 15) is 8.78 Å². The summed E-state index contributed by atoms with van der Waals surface area (Å²) in [5, 5.41) is 3.31. The van der Waals surface area contributed by atoms with Crippen molar-refractivity contribution in [3.63, 3.8) is 0 Å². The first-order chi connectivity index (χ1) is 9.97. The topological polar surface area (TPSA) is 15.3 Å². The Morgan fingerprint density at radius 2 is 1.67 bits per heavy atom. The van der Waals surface area contributed by atoms with E-state index in [0.29, 0.717) is 6.54 Å². The molecular formula is C17H20F2N2. The van der Waals surface area contributed by atoms with Crippen LogP contribution in [-0.4, -0.2) is 14.1 Å². The van der Waals surface area contributed by atoms with Crippen molar-refractivity contribution in [3.8, 4) is 0 Å². The van der Waals surface area contributed by atoms with Crippen LogP contribution in [0.5, 0.6) is 0 Å². The van der Waals surface area contributed by atoms with E-state index in [1.807, 2.05) is 25.9 Å². The zero-order chi connectivity index (χ0) is 15.4. The van der Waals surface area contributed by atoms with Gasteiger partial charge in [-0.05, 0) is 42.3 Å². The summed E-state index contributed by atoms with van der Waals surface area (Å²) in [5.74, 6) is -1.62. The van der Waals surface area contributed by atoms with E-state index in [4.69, 9.17) is 0 Å². The lowest BCUT2D eigenvalue weighted by Crippen LogP contribution is -2.18. The number of anilines is 1. The molecule has 4 heteroatoms.